The number of ether oxygens (including phenoxy) is 2. The van der Waals surface area contributed by atoms with Gasteiger partial charge in [0, 0.05) is 79.5 Å². The number of pyridine rings is 2. The highest BCUT2D eigenvalue weighted by Gasteiger charge is 2.42. The van der Waals surface area contributed by atoms with Crippen molar-refractivity contribution in [3.05, 3.63) is 86.7 Å². The number of unbranched alkanes of at least 4 members (excludes halogenated alkanes) is 2. The Balaban J connectivity index is 0.984. The van der Waals surface area contributed by atoms with Crippen molar-refractivity contribution in [3.63, 3.8) is 0 Å². The Kier molecular flexibility index (Phi) is 22.5. The molecule has 0 fully saturated rings. The number of hydroxylamine groups is 2. The van der Waals surface area contributed by atoms with Gasteiger partial charge in [-0.1, -0.05) is 32.4 Å². The van der Waals surface area contributed by atoms with E-state index in [9.17, 15) is 68.7 Å². The van der Waals surface area contributed by atoms with Crippen LogP contribution in [-0.2, 0) is 77.8 Å². The van der Waals surface area contributed by atoms with Crippen LogP contribution in [0, 0.1) is 24.6 Å². The van der Waals surface area contributed by atoms with E-state index in [4.69, 9.17) is 24.4 Å². The Bertz CT molecular complexity index is 3060. The lowest BCUT2D eigenvalue weighted by atomic mass is 9.84. The molecule has 0 saturated heterocycles. The highest BCUT2D eigenvalue weighted by molar-refractivity contribution is 6.12. The number of fused-ring (bicyclic) bond motifs is 5. The number of aromatic nitrogens is 2. The van der Waals surface area contributed by atoms with E-state index in [-0.39, 0.29) is 76.3 Å². The number of aliphatic hydroxyl groups is 6. The third-order valence-corrected chi connectivity index (χ3v) is 15.1. The van der Waals surface area contributed by atoms with Crippen LogP contribution >= 0.6 is 0 Å². The second kappa shape index (κ2) is 28.8. The molecule has 3 aliphatic heterocycles. The molecule has 8 atom stereocenters. The summed E-state index contributed by atoms with van der Waals surface area (Å²) in [5, 5.41) is 71.5. The van der Waals surface area contributed by atoms with Gasteiger partial charge in [0.25, 0.3) is 17.4 Å². The number of hydrogen-bond acceptors (Lipinski definition) is 19. The number of Topliss-reactive ketones (excluding diaryl/α,β-unsaturated/α-hetero) is 1. The largest absolute Gasteiger partial charge is 0.490 e. The summed E-state index contributed by atoms with van der Waals surface area (Å²) in [5.41, 5.74) is 2.33. The van der Waals surface area contributed by atoms with Crippen LogP contribution in [0.5, 0.6) is 0 Å². The first-order valence-electron chi connectivity index (χ1n) is 27.6. The van der Waals surface area contributed by atoms with Gasteiger partial charge >= 0.3 is 5.97 Å². The maximum Gasteiger partial charge on any atom is 0.333 e. The molecule has 10 N–H and O–H groups in total. The number of aryl methyl sites for hydroxylation is 1. The summed E-state index contributed by atoms with van der Waals surface area (Å²) in [6.07, 6.45) is -5.08. The minimum Gasteiger partial charge on any atom is -0.490 e. The highest BCUT2D eigenvalue weighted by Crippen LogP contribution is 2.42. The Morgan fingerprint density at radius 3 is 2.24 bits per heavy atom. The molecule has 5 heterocycles. The normalized spacial score (nSPS) is 17.8. The van der Waals surface area contributed by atoms with Gasteiger partial charge in [0.15, 0.2) is 0 Å². The van der Waals surface area contributed by atoms with Gasteiger partial charge < -0.3 is 70.8 Å². The molecule has 0 unspecified atom stereocenters. The molecule has 0 bridgehead atoms. The van der Waals surface area contributed by atoms with Crippen LogP contribution in [0.2, 0.25) is 0 Å². The number of nitrogens with one attached hydrogen (secondary N) is 4. The number of rotatable bonds is 31. The number of benzene rings is 1. The smallest absolute Gasteiger partial charge is 0.333 e. The summed E-state index contributed by atoms with van der Waals surface area (Å²) in [7, 11) is 0. The van der Waals surface area contributed by atoms with Crippen LogP contribution in [0.25, 0.3) is 22.3 Å². The first kappa shape index (κ1) is 64.8. The fourth-order valence-corrected chi connectivity index (χ4v) is 9.94. The van der Waals surface area contributed by atoms with Gasteiger partial charge in [-0.2, -0.15) is 0 Å². The zero-order valence-electron chi connectivity index (χ0n) is 47.0. The quantitative estimate of drug-likeness (QED) is 0.0185. The van der Waals surface area contributed by atoms with Crippen molar-refractivity contribution < 1.29 is 87.7 Å². The van der Waals surface area contributed by atoms with Crippen molar-refractivity contribution in [2.75, 3.05) is 26.5 Å². The first-order chi connectivity index (χ1) is 39.3. The van der Waals surface area contributed by atoms with Gasteiger partial charge in [0.05, 0.1) is 41.7 Å². The van der Waals surface area contributed by atoms with Crippen LogP contribution in [-0.4, -0.2) is 155 Å². The first-order valence-corrected chi connectivity index (χ1v) is 27.6. The van der Waals surface area contributed by atoms with Crippen molar-refractivity contribution in [3.8, 4) is 11.4 Å². The van der Waals surface area contributed by atoms with Crippen LogP contribution < -0.4 is 26.8 Å². The Morgan fingerprint density at radius 1 is 0.880 bits per heavy atom. The van der Waals surface area contributed by atoms with Crippen molar-refractivity contribution in [2.45, 2.75) is 160 Å². The number of ketones is 1. The monoisotopic (exact) mass is 1160 g/mol. The van der Waals surface area contributed by atoms with Crippen molar-refractivity contribution in [1.82, 2.24) is 35.9 Å². The molecule has 452 valence electrons. The fourth-order valence-electron chi connectivity index (χ4n) is 9.94. The summed E-state index contributed by atoms with van der Waals surface area (Å²) < 4.78 is 28.3. The maximum atomic E-state index is 15.5. The molecule has 0 radical (unpaired) electrons. The number of nitrogens with zero attached hydrogens (tertiary/aromatic N) is 3. The molecular weight excluding hydrogens is 1090 g/mol. The Labute approximate surface area is 477 Å². The van der Waals surface area contributed by atoms with Crippen LogP contribution in [0.4, 0.5) is 4.39 Å². The lowest BCUT2D eigenvalue weighted by Crippen LogP contribution is -2.55. The summed E-state index contributed by atoms with van der Waals surface area (Å²) in [6.45, 7) is 10.7. The second-order valence-corrected chi connectivity index (χ2v) is 21.3. The zero-order valence-corrected chi connectivity index (χ0v) is 47.0. The minimum absolute atomic E-state index is 0.0223. The van der Waals surface area contributed by atoms with Gasteiger partial charge in [-0.15, -0.1) is 0 Å². The molecule has 6 amide bonds. The van der Waals surface area contributed by atoms with E-state index in [2.05, 4.69) is 27.8 Å². The topological polar surface area (TPSA) is 372 Å². The zero-order chi connectivity index (χ0) is 61.0. The molecule has 6 rings (SSSR count). The van der Waals surface area contributed by atoms with E-state index >= 15 is 4.39 Å². The van der Waals surface area contributed by atoms with Gasteiger partial charge in [-0.25, -0.2) is 14.2 Å². The van der Waals surface area contributed by atoms with Gasteiger partial charge in [-0.05, 0) is 88.0 Å². The van der Waals surface area contributed by atoms with Crippen LogP contribution in [0.15, 0.2) is 47.5 Å². The average Bonchev–Trinajstić information content (AvgIpc) is 2.36. The van der Waals surface area contributed by atoms with E-state index in [0.717, 1.165) is 28.7 Å². The number of hydrogen-bond donors (Lipinski definition) is 10. The predicted octanol–water partition coefficient (Wildman–Crippen LogP) is 0.424. The molecule has 83 heavy (non-hydrogen) atoms. The average molecular weight is 1160 g/mol. The SMILES string of the molecule is C=C1OCc2c(cc3n(c2=O)Cc2cc4c(CCCCOCNC(=O)[C@H](C)NC(=O)[C@@H](NC(=O)[C@H](CCC(=O)NC[C@H](O)[C@@H](O)[C@H](O)[C@H](O)CO)CC(=O)CCCCC(=O)ON5C(=O)C=CC5=O)C(C)C)c(C)c(F)cc4nc2-3)[C@@]1(O)CC. The number of aliphatic hydroxyl groups excluding tert-OH is 5. The highest BCUT2D eigenvalue weighted by atomic mass is 19.1. The van der Waals surface area contributed by atoms with Crippen molar-refractivity contribution >= 4 is 58.1 Å². The third-order valence-electron chi connectivity index (χ3n) is 15.1. The Morgan fingerprint density at radius 2 is 1.57 bits per heavy atom. The molecule has 0 spiro atoms. The predicted molar refractivity (Wildman–Crippen MR) is 292 cm³/mol. The molecule has 0 aliphatic carbocycles. The fraction of sp³-hybridized carbons (Fsp3) is 0.544. The third kappa shape index (κ3) is 15.7. The summed E-state index contributed by atoms with van der Waals surface area (Å²) in [4.78, 5) is 126. The molecule has 0 saturated carbocycles. The maximum absolute atomic E-state index is 15.5. The summed E-state index contributed by atoms with van der Waals surface area (Å²) in [6, 6.07) is 2.69. The molecular formula is C57H74FN7O18. The molecule has 26 heteroatoms. The Hall–Kier alpha value is -7.33. The van der Waals surface area contributed by atoms with Gasteiger partial charge in [-0.3, -0.25) is 38.4 Å². The van der Waals surface area contributed by atoms with E-state index in [1.54, 1.807) is 38.3 Å². The number of amides is 6. The van der Waals surface area contributed by atoms with E-state index in [1.807, 2.05) is 6.07 Å². The lowest BCUT2D eigenvalue weighted by molar-refractivity contribution is -0.196. The molecule has 2 aromatic heterocycles. The van der Waals surface area contributed by atoms with E-state index < -0.39 is 133 Å². The van der Waals surface area contributed by atoms with Gasteiger partial charge in [0.2, 0.25) is 23.6 Å². The van der Waals surface area contributed by atoms with E-state index in [1.165, 1.54) is 13.0 Å². The van der Waals surface area contributed by atoms with E-state index in [0.29, 0.717) is 57.9 Å². The molecule has 3 aromatic rings. The summed E-state index contributed by atoms with van der Waals surface area (Å²) >= 11 is 0. The summed E-state index contributed by atoms with van der Waals surface area (Å²) in [5.74, 6) is -7.97. The standard InChI is InChI=1S/C57H74FN7O18/c1-7-57(80)32(6)82-27-38-39(57)22-42-50-34(25-64(42)56(38)79)21-37-36(30(4)40(58)23-41(37)62-50)13-10-11-19-81-28-60-53(76)31(5)61-55(78)49(29(2)3)63-54(77)33(15-16-45(70)59-24-43(68)51(74)52(75)44(69)26-66)20-35(67)12-8-9-14-48(73)83-65-46(71)17-18-47(65)72/h17-18,21-23,29,31,33,43-44,49,51-52,66,68-69,74-75,80H,6-16,19-20,24-28H2,1-5H3,(H,59,70)(H,60,76)(H,61,78)(H,63,77)/t31-,33+,43-,44+,49-,51+,52+,57+/m0/s1. The number of imide groups is 1. The minimum atomic E-state index is -1.96. The number of carbonyl (C=O) groups is 8. The molecule has 3 aliphatic rings. The second-order valence-electron chi connectivity index (χ2n) is 21.3. The van der Waals surface area contributed by atoms with Crippen LogP contribution in [0.1, 0.15) is 120 Å². The van der Waals surface area contributed by atoms with Crippen molar-refractivity contribution in [1.29, 1.82) is 0 Å². The van der Waals surface area contributed by atoms with Crippen LogP contribution in [0.3, 0.4) is 0 Å². The number of halogens is 1. The molecule has 1 aromatic carbocycles. The molecule has 25 nitrogen and oxygen atoms in total. The number of carbonyl (C=O) groups excluding carboxylic acids is 8. The van der Waals surface area contributed by atoms with Crippen molar-refractivity contribution in [2.24, 2.45) is 11.8 Å². The lowest BCUT2D eigenvalue weighted by Gasteiger charge is -2.35. The van der Waals surface area contributed by atoms with Gasteiger partial charge in [0.1, 0.15) is 66.7 Å².